The van der Waals surface area contributed by atoms with Crippen molar-refractivity contribution in [2.75, 3.05) is 7.11 Å². The zero-order valence-corrected chi connectivity index (χ0v) is 13.9. The molecule has 0 aliphatic carbocycles. The third kappa shape index (κ3) is 5.37. The van der Waals surface area contributed by atoms with Gasteiger partial charge in [-0.3, -0.25) is 9.59 Å². The number of ketones is 2. The summed E-state index contributed by atoms with van der Waals surface area (Å²) in [6.07, 6.45) is 4.78. The van der Waals surface area contributed by atoms with Gasteiger partial charge in [-0.05, 0) is 47.5 Å². The van der Waals surface area contributed by atoms with Gasteiger partial charge in [-0.2, -0.15) is 0 Å². The lowest BCUT2D eigenvalue weighted by Gasteiger charge is -2.03. The summed E-state index contributed by atoms with van der Waals surface area (Å²) in [5.41, 5.74) is 0.885. The molecule has 0 bridgehead atoms. The van der Waals surface area contributed by atoms with Crippen molar-refractivity contribution in [1.29, 1.82) is 0 Å². The van der Waals surface area contributed by atoms with Crippen molar-refractivity contribution in [3.05, 3.63) is 71.3 Å². The van der Waals surface area contributed by atoms with Gasteiger partial charge in [-0.15, -0.1) is 0 Å². The molecule has 0 heterocycles. The number of phenols is 1. The van der Waals surface area contributed by atoms with Crippen molar-refractivity contribution in [3.8, 4) is 11.5 Å². The highest BCUT2D eigenvalue weighted by Crippen LogP contribution is 2.26. The molecule has 0 fully saturated rings. The zero-order valence-electron chi connectivity index (χ0n) is 13.9. The molecule has 0 aliphatic rings. The Balaban J connectivity index is 1.94. The fourth-order valence-electron chi connectivity index (χ4n) is 2.09. The predicted octanol–water partition coefficient (Wildman–Crippen LogP) is 3.93. The molecule has 4 nitrogen and oxygen atoms in total. The predicted molar refractivity (Wildman–Crippen MR) is 93.7 cm³/mol. The summed E-state index contributed by atoms with van der Waals surface area (Å²) in [4.78, 5) is 23.6. The molecular formula is C20H16F2O4. The summed E-state index contributed by atoms with van der Waals surface area (Å²) in [6.45, 7) is 0. The SMILES string of the molecule is COc1ccc(C=CC(=O)CC(=O)C=Cc2ccc(F)c(F)c2)cc1O. The molecule has 0 radical (unpaired) electrons. The number of benzene rings is 2. The van der Waals surface area contributed by atoms with Crippen molar-refractivity contribution < 1.29 is 28.2 Å². The van der Waals surface area contributed by atoms with Gasteiger partial charge >= 0.3 is 0 Å². The van der Waals surface area contributed by atoms with Crippen LogP contribution in [0.5, 0.6) is 11.5 Å². The first-order valence-electron chi connectivity index (χ1n) is 7.63. The van der Waals surface area contributed by atoms with Gasteiger partial charge in [0.25, 0.3) is 0 Å². The Labute approximate surface area is 149 Å². The summed E-state index contributed by atoms with van der Waals surface area (Å²) >= 11 is 0. The van der Waals surface area contributed by atoms with E-state index in [0.717, 1.165) is 18.2 Å². The number of carbonyl (C=O) groups is 2. The van der Waals surface area contributed by atoms with E-state index >= 15 is 0 Å². The molecule has 0 unspecified atom stereocenters. The van der Waals surface area contributed by atoms with Crippen LogP contribution in [-0.2, 0) is 9.59 Å². The number of aromatic hydroxyl groups is 1. The zero-order chi connectivity index (χ0) is 19.1. The van der Waals surface area contributed by atoms with E-state index in [2.05, 4.69) is 0 Å². The smallest absolute Gasteiger partial charge is 0.163 e. The Morgan fingerprint density at radius 3 is 2.08 bits per heavy atom. The van der Waals surface area contributed by atoms with Gasteiger partial charge in [-0.25, -0.2) is 8.78 Å². The van der Waals surface area contributed by atoms with Gasteiger partial charge in [0.15, 0.2) is 34.7 Å². The highest BCUT2D eigenvalue weighted by molar-refractivity contribution is 6.10. The van der Waals surface area contributed by atoms with Crippen LogP contribution in [0.3, 0.4) is 0 Å². The van der Waals surface area contributed by atoms with Crippen LogP contribution in [0.1, 0.15) is 17.5 Å². The second kappa shape index (κ2) is 8.71. The fourth-order valence-corrected chi connectivity index (χ4v) is 2.09. The first-order chi connectivity index (χ1) is 12.4. The van der Waals surface area contributed by atoms with Crippen LogP contribution in [0, 0.1) is 11.6 Å². The van der Waals surface area contributed by atoms with E-state index in [-0.39, 0.29) is 12.2 Å². The van der Waals surface area contributed by atoms with E-state index in [1.54, 1.807) is 12.1 Å². The Bertz CT molecular complexity index is 885. The number of phenolic OH excluding ortho intramolecular Hbond substituents is 1. The molecule has 0 amide bonds. The molecule has 0 aromatic heterocycles. The van der Waals surface area contributed by atoms with Crippen molar-refractivity contribution >= 4 is 23.7 Å². The molecule has 0 spiro atoms. The number of allylic oxidation sites excluding steroid dienone is 2. The topological polar surface area (TPSA) is 63.6 Å². The van der Waals surface area contributed by atoms with Gasteiger partial charge in [-0.1, -0.05) is 24.3 Å². The van der Waals surface area contributed by atoms with Crippen molar-refractivity contribution in [1.82, 2.24) is 0 Å². The van der Waals surface area contributed by atoms with Crippen LogP contribution in [0.4, 0.5) is 8.78 Å². The molecular weight excluding hydrogens is 342 g/mol. The van der Waals surface area contributed by atoms with E-state index in [1.165, 1.54) is 37.5 Å². The molecule has 6 heteroatoms. The van der Waals surface area contributed by atoms with Gasteiger partial charge in [0, 0.05) is 0 Å². The minimum atomic E-state index is -1.01. The Morgan fingerprint density at radius 2 is 1.54 bits per heavy atom. The highest BCUT2D eigenvalue weighted by atomic mass is 19.2. The number of rotatable bonds is 7. The lowest BCUT2D eigenvalue weighted by atomic mass is 10.1. The van der Waals surface area contributed by atoms with Crippen LogP contribution in [0.2, 0.25) is 0 Å². The molecule has 2 rings (SSSR count). The third-order valence-corrected chi connectivity index (χ3v) is 3.42. The molecule has 0 atom stereocenters. The lowest BCUT2D eigenvalue weighted by molar-refractivity contribution is -0.121. The second-order valence-electron chi connectivity index (χ2n) is 5.38. The summed E-state index contributed by atoms with van der Waals surface area (Å²) < 4.78 is 30.8. The van der Waals surface area contributed by atoms with Gasteiger partial charge in [0.05, 0.1) is 13.5 Å². The molecule has 26 heavy (non-hydrogen) atoms. The van der Waals surface area contributed by atoms with Crippen LogP contribution >= 0.6 is 0 Å². The molecule has 0 aliphatic heterocycles. The molecule has 0 saturated carbocycles. The lowest BCUT2D eigenvalue weighted by Crippen LogP contribution is -2.01. The van der Waals surface area contributed by atoms with E-state index < -0.39 is 23.2 Å². The fraction of sp³-hybridized carbons (Fsp3) is 0.100. The minimum Gasteiger partial charge on any atom is -0.504 e. The van der Waals surface area contributed by atoms with E-state index in [0.29, 0.717) is 16.9 Å². The maximum atomic E-state index is 13.1. The number of hydrogen-bond donors (Lipinski definition) is 1. The highest BCUT2D eigenvalue weighted by Gasteiger charge is 2.05. The first kappa shape index (κ1) is 19.1. The number of halogens is 2. The maximum Gasteiger partial charge on any atom is 0.163 e. The summed E-state index contributed by atoms with van der Waals surface area (Å²) in [5.74, 6) is -2.64. The van der Waals surface area contributed by atoms with Crippen LogP contribution in [0.25, 0.3) is 12.2 Å². The van der Waals surface area contributed by atoms with Gasteiger partial charge in [0.2, 0.25) is 0 Å². The van der Waals surface area contributed by atoms with Crippen molar-refractivity contribution in [2.45, 2.75) is 6.42 Å². The van der Waals surface area contributed by atoms with Crippen molar-refractivity contribution in [2.24, 2.45) is 0 Å². The third-order valence-electron chi connectivity index (χ3n) is 3.42. The van der Waals surface area contributed by atoms with E-state index in [9.17, 15) is 23.5 Å². The Kier molecular flexibility index (Phi) is 6.38. The summed E-state index contributed by atoms with van der Waals surface area (Å²) in [5, 5.41) is 9.66. The number of methoxy groups -OCH3 is 1. The normalized spacial score (nSPS) is 11.2. The first-order valence-corrected chi connectivity index (χ1v) is 7.63. The number of hydrogen-bond acceptors (Lipinski definition) is 4. The Hall–Kier alpha value is -3.28. The van der Waals surface area contributed by atoms with Gasteiger partial charge in [0.1, 0.15) is 0 Å². The monoisotopic (exact) mass is 358 g/mol. The molecule has 0 saturated heterocycles. The Morgan fingerprint density at radius 1 is 0.962 bits per heavy atom. The number of carbonyl (C=O) groups excluding carboxylic acids is 2. The minimum absolute atomic E-state index is 0.0624. The second-order valence-corrected chi connectivity index (χ2v) is 5.38. The van der Waals surface area contributed by atoms with Crippen LogP contribution < -0.4 is 4.74 Å². The maximum absolute atomic E-state index is 13.1. The summed E-state index contributed by atoms with van der Waals surface area (Å²) in [7, 11) is 1.42. The van der Waals surface area contributed by atoms with Crippen LogP contribution in [-0.4, -0.2) is 23.8 Å². The molecule has 134 valence electrons. The molecule has 2 aromatic rings. The van der Waals surface area contributed by atoms with E-state index in [4.69, 9.17) is 4.74 Å². The molecule has 1 N–H and O–H groups in total. The average molecular weight is 358 g/mol. The number of ether oxygens (including phenoxy) is 1. The quantitative estimate of drug-likeness (QED) is 0.602. The standard InChI is InChI=1S/C20H16F2O4/c1-26-20-9-5-14(11-19(20)25)3-7-16(24)12-15(23)6-2-13-4-8-17(21)18(22)10-13/h2-11,25H,12H2,1H3. The largest absolute Gasteiger partial charge is 0.504 e. The van der Waals surface area contributed by atoms with Crippen molar-refractivity contribution in [3.63, 3.8) is 0 Å². The van der Waals surface area contributed by atoms with Crippen LogP contribution in [0.15, 0.2) is 48.6 Å². The molecule has 2 aromatic carbocycles. The summed E-state index contributed by atoms with van der Waals surface area (Å²) in [6, 6.07) is 7.85. The average Bonchev–Trinajstić information content (AvgIpc) is 2.61. The van der Waals surface area contributed by atoms with Gasteiger partial charge < -0.3 is 9.84 Å². The van der Waals surface area contributed by atoms with E-state index in [1.807, 2.05) is 0 Å².